The SMILES string of the molecule is O=[C-]NCCc1c[nH]c2ccccc12.[CH3-].[W].[Y]. The Kier molecular flexibility index (Phi) is 11.4. The Balaban J connectivity index is 0. The Hall–Kier alpha value is 0.0222. The third-order valence-corrected chi connectivity index (χ3v) is 2.27. The first-order valence-electron chi connectivity index (χ1n) is 4.57. The van der Waals surface area contributed by atoms with E-state index in [-0.39, 0.29) is 61.2 Å². The quantitative estimate of drug-likeness (QED) is 0.396. The normalized spacial score (nSPS) is 8.47. The maximum Gasteiger partial charge on any atom is 0.0456 e. The predicted octanol–water partition coefficient (Wildman–Crippen LogP) is 1.81. The first kappa shape index (κ1) is 19.4. The molecule has 0 saturated heterocycles. The van der Waals surface area contributed by atoms with Crippen LogP contribution in [0.3, 0.4) is 0 Å². The summed E-state index contributed by atoms with van der Waals surface area (Å²) in [6.07, 6.45) is 4.48. The molecular weight excluding hydrogens is 461 g/mol. The zero-order chi connectivity index (χ0) is 9.80. The summed E-state index contributed by atoms with van der Waals surface area (Å²) in [6, 6.07) is 8.13. The first-order chi connectivity index (χ1) is 6.92. The van der Waals surface area contributed by atoms with Crippen LogP contribution in [0.15, 0.2) is 30.5 Å². The molecule has 2 rings (SSSR count). The second-order valence-corrected chi connectivity index (χ2v) is 3.14. The van der Waals surface area contributed by atoms with E-state index in [1.165, 1.54) is 10.9 Å². The zero-order valence-corrected chi connectivity index (χ0v) is 15.5. The smallest absolute Gasteiger partial charge is 0.0456 e. The number of aromatic nitrogens is 1. The van der Waals surface area contributed by atoms with E-state index in [1.54, 1.807) is 6.41 Å². The van der Waals surface area contributed by atoms with Gasteiger partial charge in [0, 0.05) is 70.9 Å². The molecule has 0 aliphatic heterocycles. The van der Waals surface area contributed by atoms with Crippen molar-refractivity contribution in [3.05, 3.63) is 43.5 Å². The Labute approximate surface area is 141 Å². The number of nitrogens with one attached hydrogen (secondary N) is 2. The topological polar surface area (TPSA) is 44.9 Å². The van der Waals surface area contributed by atoms with Crippen molar-refractivity contribution in [2.75, 3.05) is 6.54 Å². The first-order valence-corrected chi connectivity index (χ1v) is 4.57. The summed E-state index contributed by atoms with van der Waals surface area (Å²) in [4.78, 5) is 13.1. The van der Waals surface area contributed by atoms with Gasteiger partial charge in [-0.25, -0.2) is 0 Å². The fraction of sp³-hybridized carbons (Fsp3) is 0.167. The van der Waals surface area contributed by atoms with Gasteiger partial charge in [0.25, 0.3) is 0 Å². The molecule has 3 nitrogen and oxygen atoms in total. The minimum Gasteiger partial charge on any atom is -0.530 e. The molecule has 1 amide bonds. The van der Waals surface area contributed by atoms with E-state index in [9.17, 15) is 4.79 Å². The van der Waals surface area contributed by atoms with E-state index in [1.807, 2.05) is 24.4 Å². The summed E-state index contributed by atoms with van der Waals surface area (Å²) in [5.41, 5.74) is 2.36. The molecule has 1 radical (unpaired) electrons. The molecule has 17 heavy (non-hydrogen) atoms. The Morgan fingerprint density at radius 1 is 1.29 bits per heavy atom. The predicted molar refractivity (Wildman–Crippen MR) is 62.1 cm³/mol. The fourth-order valence-electron chi connectivity index (χ4n) is 1.59. The molecule has 0 aliphatic carbocycles. The van der Waals surface area contributed by atoms with Crippen LogP contribution in [0.5, 0.6) is 0 Å². The molecule has 0 fully saturated rings. The van der Waals surface area contributed by atoms with Gasteiger partial charge in [-0.05, 0) is 24.6 Å². The second kappa shape index (κ2) is 9.99. The van der Waals surface area contributed by atoms with E-state index < -0.39 is 0 Å². The molecular formula is C12H14N2OWY-2. The van der Waals surface area contributed by atoms with Gasteiger partial charge in [-0.15, -0.1) is 0 Å². The monoisotopic (exact) mass is 475 g/mol. The van der Waals surface area contributed by atoms with Gasteiger partial charge in [0.05, 0.1) is 0 Å². The number of hydrogen-bond donors (Lipinski definition) is 2. The van der Waals surface area contributed by atoms with Crippen molar-refractivity contribution in [1.82, 2.24) is 10.3 Å². The average molecular weight is 475 g/mol. The molecule has 0 atom stereocenters. The number of amides is 1. The number of H-pyrrole nitrogens is 1. The second-order valence-electron chi connectivity index (χ2n) is 3.14. The number of rotatable bonds is 4. The maximum atomic E-state index is 9.95. The van der Waals surface area contributed by atoms with Crippen molar-refractivity contribution in [3.63, 3.8) is 0 Å². The summed E-state index contributed by atoms with van der Waals surface area (Å²) in [7, 11) is 0. The molecule has 2 aromatic rings. The van der Waals surface area contributed by atoms with Crippen LogP contribution >= 0.6 is 0 Å². The maximum absolute atomic E-state index is 9.95. The number of benzene rings is 1. The Morgan fingerprint density at radius 3 is 2.71 bits per heavy atom. The molecule has 1 heterocycles. The van der Waals surface area contributed by atoms with Crippen LogP contribution in [-0.2, 0) is 65.0 Å². The summed E-state index contributed by atoms with van der Waals surface area (Å²) in [6.45, 7) is 0.630. The zero-order valence-electron chi connectivity index (χ0n) is 9.69. The standard InChI is InChI=1S/C11H11N2O.CH3.W.Y/c14-8-12-6-5-9-7-13-11-4-2-1-3-10(9)11;;;/h1-4,7,13H,5-6H2,(H,12,14);1H3;;/q2*-1;;. The van der Waals surface area contributed by atoms with E-state index >= 15 is 0 Å². The molecule has 0 saturated carbocycles. The largest absolute Gasteiger partial charge is 0.530 e. The van der Waals surface area contributed by atoms with E-state index in [2.05, 4.69) is 16.4 Å². The van der Waals surface area contributed by atoms with Crippen molar-refractivity contribution in [2.24, 2.45) is 0 Å². The van der Waals surface area contributed by atoms with Crippen molar-refractivity contribution >= 4 is 17.3 Å². The van der Waals surface area contributed by atoms with Crippen LogP contribution in [0.2, 0.25) is 0 Å². The van der Waals surface area contributed by atoms with Gasteiger partial charge < -0.3 is 22.5 Å². The third-order valence-electron chi connectivity index (χ3n) is 2.27. The molecule has 2 N–H and O–H groups in total. The van der Waals surface area contributed by atoms with E-state index in [0.717, 1.165) is 11.9 Å². The van der Waals surface area contributed by atoms with Gasteiger partial charge in [0.2, 0.25) is 0 Å². The Bertz CT molecular complexity index is 445. The molecule has 0 aliphatic rings. The van der Waals surface area contributed by atoms with Crippen molar-refractivity contribution < 1.29 is 58.6 Å². The van der Waals surface area contributed by atoms with Crippen molar-refractivity contribution in [2.45, 2.75) is 6.42 Å². The van der Waals surface area contributed by atoms with Gasteiger partial charge in [-0.3, -0.25) is 0 Å². The van der Waals surface area contributed by atoms with Gasteiger partial charge >= 0.3 is 0 Å². The number of fused-ring (bicyclic) bond motifs is 1. The van der Waals surface area contributed by atoms with Crippen LogP contribution < -0.4 is 5.32 Å². The van der Waals surface area contributed by atoms with Crippen molar-refractivity contribution in [1.29, 1.82) is 0 Å². The van der Waals surface area contributed by atoms with Crippen molar-refractivity contribution in [3.8, 4) is 0 Å². The molecule has 0 unspecified atom stereocenters. The summed E-state index contributed by atoms with van der Waals surface area (Å²) < 4.78 is 0. The molecule has 0 bridgehead atoms. The summed E-state index contributed by atoms with van der Waals surface area (Å²) in [5, 5.41) is 3.75. The molecule has 89 valence electrons. The van der Waals surface area contributed by atoms with Crippen LogP contribution in [0.25, 0.3) is 10.9 Å². The molecule has 5 heteroatoms. The third kappa shape index (κ3) is 5.03. The average Bonchev–Trinajstić information content (AvgIpc) is 2.63. The molecule has 0 spiro atoms. The molecule has 1 aromatic carbocycles. The number of aromatic amines is 1. The van der Waals surface area contributed by atoms with Crippen LogP contribution in [0.1, 0.15) is 5.56 Å². The van der Waals surface area contributed by atoms with Gasteiger partial charge in [0.1, 0.15) is 0 Å². The van der Waals surface area contributed by atoms with Crippen LogP contribution in [0, 0.1) is 7.43 Å². The minimum absolute atomic E-state index is 0. The number of para-hydroxylation sites is 1. The van der Waals surface area contributed by atoms with Gasteiger partial charge in [0.15, 0.2) is 0 Å². The van der Waals surface area contributed by atoms with E-state index in [0.29, 0.717) is 6.54 Å². The van der Waals surface area contributed by atoms with Gasteiger partial charge in [-0.2, -0.15) is 6.41 Å². The van der Waals surface area contributed by atoms with E-state index in [4.69, 9.17) is 0 Å². The Morgan fingerprint density at radius 2 is 2.00 bits per heavy atom. The summed E-state index contributed by atoms with van der Waals surface area (Å²) in [5.74, 6) is 0. The van der Waals surface area contributed by atoms with Crippen LogP contribution in [0.4, 0.5) is 0 Å². The number of hydrogen-bond acceptors (Lipinski definition) is 1. The van der Waals surface area contributed by atoms with Gasteiger partial charge in [-0.1, -0.05) is 18.2 Å². The minimum atomic E-state index is 0. The molecule has 1 aromatic heterocycles. The summed E-state index contributed by atoms with van der Waals surface area (Å²) >= 11 is 0. The fourth-order valence-corrected chi connectivity index (χ4v) is 1.59. The van der Waals surface area contributed by atoms with Crippen LogP contribution in [-0.4, -0.2) is 17.9 Å². The number of carbonyl (C=O) groups excluding carboxylic acids is 1.